The molecule has 0 heterocycles. The van der Waals surface area contributed by atoms with Gasteiger partial charge >= 0.3 is 134 Å². The molecule has 0 aliphatic rings. The number of hydrogen-bond acceptors (Lipinski definition) is 0. The molecular weight excluding hydrogens is 359 g/mol. The molecule has 0 amide bonds. The van der Waals surface area contributed by atoms with Crippen LogP contribution in [-0.2, 0) is 8.87 Å². The number of hydrogen-bond donors (Lipinski definition) is 0. The van der Waals surface area contributed by atoms with E-state index >= 15 is 0 Å². The summed E-state index contributed by atoms with van der Waals surface area (Å²) >= 11 is -1.85. The molecule has 0 fully saturated rings. The van der Waals surface area contributed by atoms with Gasteiger partial charge in [0.15, 0.2) is 0 Å². The monoisotopic (exact) mass is 380 g/mol. The molecule has 3 aromatic carbocycles. The Balaban J connectivity index is 1.84. The first-order chi connectivity index (χ1) is 10.4. The van der Waals surface area contributed by atoms with Crippen LogP contribution in [0.1, 0.15) is 11.1 Å². The minimum absolute atomic E-state index is 1.29. The summed E-state index contributed by atoms with van der Waals surface area (Å²) in [7, 11) is 0. The minimum atomic E-state index is -1.85. The van der Waals surface area contributed by atoms with E-state index in [1.807, 2.05) is 0 Å². The maximum absolute atomic E-state index is 2.34. The Morgan fingerprint density at radius 3 is 1.29 bits per heavy atom. The van der Waals surface area contributed by atoms with E-state index in [9.17, 15) is 0 Å². The fourth-order valence-corrected chi connectivity index (χ4v) is 11.6. The van der Waals surface area contributed by atoms with E-state index in [0.717, 1.165) is 0 Å². The second kappa shape index (κ2) is 7.46. The average Bonchev–Trinajstić information content (AvgIpc) is 2.57. The van der Waals surface area contributed by atoms with Gasteiger partial charge in [0.2, 0.25) is 0 Å². The molecular formula is C20H20Sn. The molecule has 0 spiro atoms. The summed E-state index contributed by atoms with van der Waals surface area (Å²) in [6, 6.07) is 33.1. The Morgan fingerprint density at radius 1 is 0.476 bits per heavy atom. The van der Waals surface area contributed by atoms with Gasteiger partial charge in [-0.25, -0.2) is 0 Å². The predicted octanol–water partition coefficient (Wildman–Crippen LogP) is 3.68. The Labute approximate surface area is 134 Å². The van der Waals surface area contributed by atoms with Crippen molar-refractivity contribution in [2.45, 2.75) is 8.87 Å². The van der Waals surface area contributed by atoms with Crippen LogP contribution in [0, 0.1) is 0 Å². The van der Waals surface area contributed by atoms with E-state index in [1.54, 1.807) is 3.58 Å². The van der Waals surface area contributed by atoms with Gasteiger partial charge in [-0.15, -0.1) is 0 Å². The van der Waals surface area contributed by atoms with Crippen molar-refractivity contribution in [2.75, 3.05) is 0 Å². The summed E-state index contributed by atoms with van der Waals surface area (Å²) < 4.78 is 4.22. The van der Waals surface area contributed by atoms with E-state index in [-0.39, 0.29) is 0 Å². The molecule has 1 heteroatoms. The zero-order valence-electron chi connectivity index (χ0n) is 12.2. The topological polar surface area (TPSA) is 0 Å². The summed E-state index contributed by atoms with van der Waals surface area (Å²) in [5, 5.41) is 0. The van der Waals surface area contributed by atoms with Crippen molar-refractivity contribution in [3.8, 4) is 0 Å². The van der Waals surface area contributed by atoms with Crippen molar-refractivity contribution >= 4 is 23.3 Å². The zero-order valence-corrected chi connectivity index (χ0v) is 15.4. The van der Waals surface area contributed by atoms with Crippen LogP contribution in [0.15, 0.2) is 91.0 Å². The van der Waals surface area contributed by atoms with Gasteiger partial charge in [0.05, 0.1) is 0 Å². The van der Waals surface area contributed by atoms with Crippen molar-refractivity contribution in [1.29, 1.82) is 0 Å². The van der Waals surface area contributed by atoms with Gasteiger partial charge in [-0.3, -0.25) is 0 Å². The van der Waals surface area contributed by atoms with Gasteiger partial charge in [0, 0.05) is 0 Å². The molecule has 3 aromatic rings. The summed E-state index contributed by atoms with van der Waals surface area (Å²) in [5.74, 6) is 0. The van der Waals surface area contributed by atoms with Crippen molar-refractivity contribution in [1.82, 2.24) is 0 Å². The third-order valence-corrected chi connectivity index (χ3v) is 13.2. The summed E-state index contributed by atoms with van der Waals surface area (Å²) in [6.07, 6.45) is 0. The van der Waals surface area contributed by atoms with E-state index < -0.39 is 19.8 Å². The SMILES string of the molecule is c1ccc([CH2][SnH]([CH2]c2ccccc2)[c]2ccccc2)cc1. The molecule has 3 rings (SSSR count). The van der Waals surface area contributed by atoms with E-state index in [4.69, 9.17) is 0 Å². The Kier molecular flexibility index (Phi) is 5.12. The Hall–Kier alpha value is -1.54. The first-order valence-corrected chi connectivity index (χ1v) is 13.9. The molecule has 104 valence electrons. The average molecular weight is 379 g/mol. The van der Waals surface area contributed by atoms with Crippen LogP contribution >= 0.6 is 0 Å². The number of benzene rings is 3. The molecule has 0 radical (unpaired) electrons. The molecule has 0 atom stereocenters. The van der Waals surface area contributed by atoms with Gasteiger partial charge in [-0.1, -0.05) is 0 Å². The van der Waals surface area contributed by atoms with Crippen molar-refractivity contribution < 1.29 is 0 Å². The first-order valence-electron chi connectivity index (χ1n) is 7.54. The predicted molar refractivity (Wildman–Crippen MR) is 93.5 cm³/mol. The second-order valence-electron chi connectivity index (χ2n) is 5.49. The van der Waals surface area contributed by atoms with Gasteiger partial charge in [-0.05, 0) is 0 Å². The fourth-order valence-electron chi connectivity index (χ4n) is 2.83. The molecule has 0 aliphatic carbocycles. The number of rotatable bonds is 5. The van der Waals surface area contributed by atoms with Gasteiger partial charge in [0.1, 0.15) is 0 Å². The van der Waals surface area contributed by atoms with Crippen LogP contribution in [0.4, 0.5) is 0 Å². The van der Waals surface area contributed by atoms with E-state index in [0.29, 0.717) is 0 Å². The fraction of sp³-hybridized carbons (Fsp3) is 0.100. The quantitative estimate of drug-likeness (QED) is 0.594. The molecule has 0 N–H and O–H groups in total. The normalized spacial score (nSPS) is 10.7. The molecule has 0 aromatic heterocycles. The van der Waals surface area contributed by atoms with Crippen LogP contribution < -0.4 is 3.58 Å². The molecule has 0 saturated heterocycles. The van der Waals surface area contributed by atoms with Crippen LogP contribution in [0.5, 0.6) is 0 Å². The van der Waals surface area contributed by atoms with Crippen molar-refractivity contribution in [3.63, 3.8) is 0 Å². The third-order valence-electron chi connectivity index (χ3n) is 3.92. The molecule has 0 unspecified atom stereocenters. The molecule has 0 bridgehead atoms. The Morgan fingerprint density at radius 2 is 0.857 bits per heavy atom. The summed E-state index contributed by atoms with van der Waals surface area (Å²) in [6.45, 7) is 0. The first kappa shape index (κ1) is 14.4. The van der Waals surface area contributed by atoms with Crippen LogP contribution in [0.3, 0.4) is 0 Å². The van der Waals surface area contributed by atoms with Gasteiger partial charge in [-0.2, -0.15) is 0 Å². The van der Waals surface area contributed by atoms with Gasteiger partial charge < -0.3 is 0 Å². The molecule has 0 aliphatic heterocycles. The van der Waals surface area contributed by atoms with E-state index in [1.165, 1.54) is 20.0 Å². The summed E-state index contributed by atoms with van der Waals surface area (Å²) in [5.41, 5.74) is 3.00. The van der Waals surface area contributed by atoms with Crippen molar-refractivity contribution in [3.05, 3.63) is 102 Å². The Bertz CT molecular complexity index is 606. The maximum atomic E-state index is 2.34. The van der Waals surface area contributed by atoms with Crippen LogP contribution in [0.2, 0.25) is 0 Å². The standard InChI is InChI=1S/2C7H7.C6H5.Sn.H/c2*1-7-5-3-2-4-6-7;1-2-4-6-5-3-1;;/h2*2-6H,1H2;1-5H;;. The van der Waals surface area contributed by atoms with Gasteiger partial charge in [0.25, 0.3) is 0 Å². The zero-order chi connectivity index (χ0) is 14.3. The molecule has 0 nitrogen and oxygen atoms in total. The van der Waals surface area contributed by atoms with E-state index in [2.05, 4.69) is 91.0 Å². The molecule has 21 heavy (non-hydrogen) atoms. The molecule has 0 saturated carbocycles. The second-order valence-corrected chi connectivity index (χ2v) is 13.7. The van der Waals surface area contributed by atoms with Crippen LogP contribution in [0.25, 0.3) is 0 Å². The summed E-state index contributed by atoms with van der Waals surface area (Å²) in [4.78, 5) is 0. The van der Waals surface area contributed by atoms with Crippen molar-refractivity contribution in [2.24, 2.45) is 0 Å². The van der Waals surface area contributed by atoms with Crippen LogP contribution in [-0.4, -0.2) is 19.8 Å². The third kappa shape index (κ3) is 4.21.